The fraction of sp³-hybridized carbons (Fsp3) is 0.700. The first-order valence-corrected chi connectivity index (χ1v) is 4.53. The summed E-state index contributed by atoms with van der Waals surface area (Å²) in [4.78, 5) is 4.28. The summed E-state index contributed by atoms with van der Waals surface area (Å²) in [6.07, 6.45) is 4.15. The zero-order valence-electron chi connectivity index (χ0n) is 7.92. The number of hydrogen-bond acceptors (Lipinski definition) is 2. The summed E-state index contributed by atoms with van der Waals surface area (Å²) in [6.45, 7) is 6.50. The molecule has 0 spiro atoms. The van der Waals surface area contributed by atoms with Gasteiger partial charge in [0.2, 0.25) is 0 Å². The smallest absolute Gasteiger partial charge is 0.181 e. The quantitative estimate of drug-likeness (QED) is 0.639. The molecule has 0 amide bonds. The molecule has 0 unspecified atom stereocenters. The number of aromatic nitrogens is 1. The highest BCUT2D eigenvalue weighted by Crippen LogP contribution is 2.43. The van der Waals surface area contributed by atoms with Crippen molar-refractivity contribution in [2.24, 2.45) is 0 Å². The molecular weight excluding hydrogens is 150 g/mol. The summed E-state index contributed by atoms with van der Waals surface area (Å²) in [5.41, 5.74) is 1.30. The van der Waals surface area contributed by atoms with Crippen LogP contribution in [0.4, 0.5) is 0 Å². The Balaban J connectivity index is 2.36. The minimum Gasteiger partial charge on any atom is -0.448 e. The standard InChI is InChI=1S/C10H15NO/c1-10(2,3)9-8(7-4-5-7)11-6-12-9/h6-7H,4-5H2,1-3H3. The van der Waals surface area contributed by atoms with Crippen molar-refractivity contribution in [3.63, 3.8) is 0 Å². The zero-order chi connectivity index (χ0) is 8.77. The van der Waals surface area contributed by atoms with E-state index in [-0.39, 0.29) is 5.41 Å². The van der Waals surface area contributed by atoms with Gasteiger partial charge in [-0.15, -0.1) is 0 Å². The Labute approximate surface area is 73.0 Å². The average molecular weight is 165 g/mol. The van der Waals surface area contributed by atoms with Crippen LogP contribution in [0.1, 0.15) is 51.0 Å². The Morgan fingerprint density at radius 2 is 2.08 bits per heavy atom. The topological polar surface area (TPSA) is 26.0 Å². The molecule has 0 saturated heterocycles. The molecule has 2 rings (SSSR count). The van der Waals surface area contributed by atoms with Crippen LogP contribution in [-0.4, -0.2) is 4.98 Å². The van der Waals surface area contributed by atoms with Gasteiger partial charge in [0, 0.05) is 11.3 Å². The molecule has 1 heterocycles. The van der Waals surface area contributed by atoms with E-state index < -0.39 is 0 Å². The highest BCUT2D eigenvalue weighted by atomic mass is 16.3. The molecule has 0 N–H and O–H groups in total. The summed E-state index contributed by atoms with van der Waals surface area (Å²) in [5.74, 6) is 1.77. The van der Waals surface area contributed by atoms with Gasteiger partial charge in [-0.25, -0.2) is 4.98 Å². The Morgan fingerprint density at radius 3 is 2.58 bits per heavy atom. The lowest BCUT2D eigenvalue weighted by molar-refractivity contribution is 0.403. The van der Waals surface area contributed by atoms with E-state index in [1.165, 1.54) is 18.5 Å². The normalized spacial score (nSPS) is 18.2. The maximum atomic E-state index is 5.42. The molecule has 1 aromatic rings. The molecular formula is C10H15NO. The lowest BCUT2D eigenvalue weighted by Crippen LogP contribution is -2.12. The van der Waals surface area contributed by atoms with E-state index in [4.69, 9.17) is 4.42 Å². The van der Waals surface area contributed by atoms with Gasteiger partial charge in [0.1, 0.15) is 5.76 Å². The molecule has 0 bridgehead atoms. The van der Waals surface area contributed by atoms with Gasteiger partial charge in [-0.1, -0.05) is 20.8 Å². The molecule has 2 nitrogen and oxygen atoms in total. The minimum atomic E-state index is 0.106. The second-order valence-corrected chi connectivity index (χ2v) is 4.59. The molecule has 1 fully saturated rings. The number of oxazole rings is 1. The molecule has 12 heavy (non-hydrogen) atoms. The van der Waals surface area contributed by atoms with Crippen molar-refractivity contribution in [1.82, 2.24) is 4.98 Å². The SMILES string of the molecule is CC(C)(C)c1ocnc1C1CC1. The lowest BCUT2D eigenvalue weighted by Gasteiger charge is -2.15. The van der Waals surface area contributed by atoms with Crippen molar-refractivity contribution in [3.8, 4) is 0 Å². The van der Waals surface area contributed by atoms with Crippen molar-refractivity contribution in [2.45, 2.75) is 44.9 Å². The van der Waals surface area contributed by atoms with E-state index in [0.29, 0.717) is 5.92 Å². The molecule has 0 radical (unpaired) electrons. The maximum absolute atomic E-state index is 5.42. The maximum Gasteiger partial charge on any atom is 0.181 e. The molecule has 1 aliphatic rings. The van der Waals surface area contributed by atoms with Gasteiger partial charge in [-0.2, -0.15) is 0 Å². The van der Waals surface area contributed by atoms with E-state index in [1.54, 1.807) is 6.39 Å². The van der Waals surface area contributed by atoms with Gasteiger partial charge in [-0.05, 0) is 12.8 Å². The van der Waals surface area contributed by atoms with Crippen molar-refractivity contribution in [3.05, 3.63) is 17.8 Å². The average Bonchev–Trinajstić information content (AvgIpc) is 2.65. The third-order valence-corrected chi connectivity index (χ3v) is 2.24. The predicted molar refractivity (Wildman–Crippen MR) is 47.2 cm³/mol. The van der Waals surface area contributed by atoms with Gasteiger partial charge < -0.3 is 4.42 Å². The predicted octanol–water partition coefficient (Wildman–Crippen LogP) is 2.85. The highest BCUT2D eigenvalue weighted by molar-refractivity contribution is 5.23. The van der Waals surface area contributed by atoms with Crippen LogP contribution in [0.2, 0.25) is 0 Å². The first-order chi connectivity index (χ1) is 5.59. The molecule has 66 valence electrons. The van der Waals surface area contributed by atoms with Crippen molar-refractivity contribution in [2.75, 3.05) is 0 Å². The van der Waals surface area contributed by atoms with Gasteiger partial charge in [0.25, 0.3) is 0 Å². The largest absolute Gasteiger partial charge is 0.448 e. The highest BCUT2D eigenvalue weighted by Gasteiger charge is 2.33. The number of hydrogen-bond donors (Lipinski definition) is 0. The van der Waals surface area contributed by atoms with Crippen molar-refractivity contribution in [1.29, 1.82) is 0 Å². The fourth-order valence-electron chi connectivity index (χ4n) is 1.46. The van der Waals surface area contributed by atoms with Crippen LogP contribution < -0.4 is 0 Å². The Hall–Kier alpha value is -0.790. The van der Waals surface area contributed by atoms with Gasteiger partial charge in [0.05, 0.1) is 5.69 Å². The third kappa shape index (κ3) is 1.26. The Morgan fingerprint density at radius 1 is 1.42 bits per heavy atom. The second-order valence-electron chi connectivity index (χ2n) is 4.59. The van der Waals surface area contributed by atoms with E-state index in [1.807, 2.05) is 0 Å². The van der Waals surface area contributed by atoms with E-state index in [0.717, 1.165) is 5.76 Å². The second kappa shape index (κ2) is 2.35. The summed E-state index contributed by atoms with van der Waals surface area (Å²) in [5, 5.41) is 0. The molecule has 1 saturated carbocycles. The van der Waals surface area contributed by atoms with E-state index >= 15 is 0 Å². The minimum absolute atomic E-state index is 0.106. The van der Waals surface area contributed by atoms with E-state index in [2.05, 4.69) is 25.8 Å². The number of rotatable bonds is 1. The lowest BCUT2D eigenvalue weighted by atomic mass is 9.91. The fourth-order valence-corrected chi connectivity index (χ4v) is 1.46. The summed E-state index contributed by atoms with van der Waals surface area (Å²) in [6, 6.07) is 0. The van der Waals surface area contributed by atoms with Crippen molar-refractivity contribution < 1.29 is 4.42 Å². The third-order valence-electron chi connectivity index (χ3n) is 2.24. The molecule has 1 aliphatic carbocycles. The van der Waals surface area contributed by atoms with Crippen LogP contribution >= 0.6 is 0 Å². The summed E-state index contributed by atoms with van der Waals surface area (Å²) >= 11 is 0. The van der Waals surface area contributed by atoms with Gasteiger partial charge in [-0.3, -0.25) is 0 Å². The number of nitrogens with zero attached hydrogens (tertiary/aromatic N) is 1. The first kappa shape index (κ1) is 7.84. The van der Waals surface area contributed by atoms with Crippen LogP contribution in [0.3, 0.4) is 0 Å². The molecule has 0 aromatic carbocycles. The molecule has 0 aliphatic heterocycles. The van der Waals surface area contributed by atoms with Crippen LogP contribution in [-0.2, 0) is 5.41 Å². The van der Waals surface area contributed by atoms with Gasteiger partial charge in [0.15, 0.2) is 6.39 Å². The molecule has 1 aromatic heterocycles. The van der Waals surface area contributed by atoms with Crippen LogP contribution in [0, 0.1) is 0 Å². The van der Waals surface area contributed by atoms with E-state index in [9.17, 15) is 0 Å². The summed E-state index contributed by atoms with van der Waals surface area (Å²) < 4.78 is 5.42. The molecule has 0 atom stereocenters. The molecule has 2 heteroatoms. The van der Waals surface area contributed by atoms with Crippen LogP contribution in [0.5, 0.6) is 0 Å². The zero-order valence-corrected chi connectivity index (χ0v) is 7.92. The summed E-state index contributed by atoms with van der Waals surface area (Å²) in [7, 11) is 0. The monoisotopic (exact) mass is 165 g/mol. The Kier molecular flexibility index (Phi) is 1.53. The Bertz CT molecular complexity index is 278. The van der Waals surface area contributed by atoms with Crippen LogP contribution in [0.25, 0.3) is 0 Å². The van der Waals surface area contributed by atoms with Crippen LogP contribution in [0.15, 0.2) is 10.8 Å². The van der Waals surface area contributed by atoms with Crippen molar-refractivity contribution >= 4 is 0 Å². The first-order valence-electron chi connectivity index (χ1n) is 4.53. The van der Waals surface area contributed by atoms with Gasteiger partial charge >= 0.3 is 0 Å².